The van der Waals surface area contributed by atoms with Gasteiger partial charge in [-0.1, -0.05) is 21.6 Å². The number of nitrogens with zero attached hydrogens (tertiary/aromatic N) is 4. The minimum absolute atomic E-state index is 0. The predicted octanol–water partition coefficient (Wildman–Crippen LogP) is 2.68. The second-order valence-corrected chi connectivity index (χ2v) is 13.1. The maximum atomic E-state index is 12.4. The molecule has 4 amide bonds. The number of rotatable bonds is 15. The summed E-state index contributed by atoms with van der Waals surface area (Å²) in [6.45, 7) is 1.72. The minimum Gasteiger partial charge on any atom is -0.507 e. The number of imide groups is 2. The van der Waals surface area contributed by atoms with Crippen molar-refractivity contribution < 1.29 is 65.5 Å². The number of likely N-dealkylation sites (tertiary alicyclic amines) is 1. The van der Waals surface area contributed by atoms with Gasteiger partial charge in [0.05, 0.1) is 25.9 Å². The molecule has 260 valence electrons. The number of esters is 2. The number of benzene rings is 2. The van der Waals surface area contributed by atoms with Gasteiger partial charge in [0.15, 0.2) is 0 Å². The van der Waals surface area contributed by atoms with Gasteiger partial charge in [0.2, 0.25) is 11.8 Å². The molecule has 2 heterocycles. The van der Waals surface area contributed by atoms with E-state index in [2.05, 4.69) is 9.98 Å². The van der Waals surface area contributed by atoms with Crippen LogP contribution in [0.25, 0.3) is 0 Å². The molecule has 4 rings (SSSR count). The number of amides is 4. The van der Waals surface area contributed by atoms with Crippen molar-refractivity contribution in [2.75, 3.05) is 32.4 Å². The predicted molar refractivity (Wildman–Crippen MR) is 178 cm³/mol. The van der Waals surface area contributed by atoms with Crippen molar-refractivity contribution in [1.82, 2.24) is 9.80 Å². The molecule has 2 aliphatic heterocycles. The number of hydrogen-bond donors (Lipinski definition) is 2. The van der Waals surface area contributed by atoms with E-state index in [-0.39, 0.29) is 108 Å². The summed E-state index contributed by atoms with van der Waals surface area (Å²) in [7, 11) is 2.71. The van der Waals surface area contributed by atoms with Crippen molar-refractivity contribution in [1.29, 1.82) is 0 Å². The van der Waals surface area contributed by atoms with Crippen LogP contribution in [0.4, 0.5) is 0 Å². The van der Waals surface area contributed by atoms with Gasteiger partial charge in [-0.3, -0.25) is 48.6 Å². The van der Waals surface area contributed by atoms with E-state index in [9.17, 15) is 39.0 Å². The standard InChI is InChI=1S/C32H32N4O10S2.Fe/c1-19-13-27(39)35(31(19)43)11-7-29(41)45-22-3-5-24(37)20(14-22)17-33-9-10-34-18-21-15-23(4-6-25(21)38)46-30(42)8-12-36-28(40)16-26(32(36)44)48-47-2;/h3-6,13-15,17-18,26,37-38H,7-12,16H2,1-2H3;. The number of aromatic hydroxyl groups is 2. The molecule has 2 aromatic carbocycles. The molecule has 1 atom stereocenters. The Morgan fingerprint density at radius 2 is 1.39 bits per heavy atom. The molecule has 2 aromatic rings. The molecule has 17 heteroatoms. The molecule has 49 heavy (non-hydrogen) atoms. The topological polar surface area (TPSA) is 193 Å². The van der Waals surface area contributed by atoms with E-state index in [1.807, 2.05) is 6.26 Å². The number of hydrogen-bond acceptors (Lipinski definition) is 14. The summed E-state index contributed by atoms with van der Waals surface area (Å²) in [5, 5.41) is 19.9. The maximum Gasteiger partial charge on any atom is 0.312 e. The zero-order valence-electron chi connectivity index (χ0n) is 26.3. The van der Waals surface area contributed by atoms with Crippen LogP contribution in [-0.4, -0.2) is 106 Å². The first-order valence-corrected chi connectivity index (χ1v) is 17.2. The molecule has 1 fully saturated rings. The van der Waals surface area contributed by atoms with Gasteiger partial charge in [-0.25, -0.2) is 0 Å². The number of aliphatic imine (C=N–C) groups is 2. The smallest absolute Gasteiger partial charge is 0.312 e. The van der Waals surface area contributed by atoms with Crippen LogP contribution < -0.4 is 9.47 Å². The number of phenolic OH excluding ortho intramolecular Hbond substituents is 2. The molecule has 2 N–H and O–H groups in total. The van der Waals surface area contributed by atoms with Crippen LogP contribution in [0.3, 0.4) is 0 Å². The maximum absolute atomic E-state index is 12.4. The zero-order valence-corrected chi connectivity index (χ0v) is 29.1. The fraction of sp³-hybridized carbons (Fsp3) is 0.312. The minimum atomic E-state index is -0.667. The van der Waals surface area contributed by atoms with E-state index in [1.54, 1.807) is 0 Å². The molecule has 1 unspecified atom stereocenters. The van der Waals surface area contributed by atoms with Crippen LogP contribution in [0.1, 0.15) is 37.3 Å². The quantitative estimate of drug-likeness (QED) is 0.0515. The van der Waals surface area contributed by atoms with Crippen LogP contribution in [0.15, 0.2) is 58.0 Å². The Morgan fingerprint density at radius 1 is 0.878 bits per heavy atom. The van der Waals surface area contributed by atoms with Crippen LogP contribution >= 0.6 is 21.6 Å². The Hall–Kier alpha value is -4.44. The third-order valence-corrected chi connectivity index (χ3v) is 9.03. The fourth-order valence-electron chi connectivity index (χ4n) is 4.54. The summed E-state index contributed by atoms with van der Waals surface area (Å²) in [5.41, 5.74) is 0.859. The Morgan fingerprint density at radius 3 is 1.86 bits per heavy atom. The molecule has 0 radical (unpaired) electrons. The molecule has 1 saturated heterocycles. The third kappa shape index (κ3) is 10.8. The summed E-state index contributed by atoms with van der Waals surface area (Å²) in [6, 6.07) is 8.29. The monoisotopic (exact) mass is 752 g/mol. The van der Waals surface area contributed by atoms with Crippen molar-refractivity contribution in [3.8, 4) is 23.0 Å². The number of ether oxygens (including phenoxy) is 2. The van der Waals surface area contributed by atoms with Crippen molar-refractivity contribution in [3.05, 3.63) is 59.2 Å². The van der Waals surface area contributed by atoms with Gasteiger partial charge in [-0.2, -0.15) is 0 Å². The van der Waals surface area contributed by atoms with E-state index in [0.717, 1.165) is 9.80 Å². The number of phenols is 2. The van der Waals surface area contributed by atoms with Gasteiger partial charge >= 0.3 is 11.9 Å². The molecular weight excluding hydrogens is 720 g/mol. The Bertz CT molecular complexity index is 1710. The first-order chi connectivity index (χ1) is 23.0. The summed E-state index contributed by atoms with van der Waals surface area (Å²) in [5.74, 6) is -2.81. The number of carbonyl (C=O) groups is 6. The van der Waals surface area contributed by atoms with Gasteiger partial charge in [-0.15, -0.1) is 0 Å². The van der Waals surface area contributed by atoms with Crippen molar-refractivity contribution in [2.24, 2.45) is 9.98 Å². The van der Waals surface area contributed by atoms with E-state index in [4.69, 9.17) is 9.47 Å². The van der Waals surface area contributed by atoms with Gasteiger partial charge < -0.3 is 19.7 Å². The molecule has 0 bridgehead atoms. The van der Waals surface area contributed by atoms with Crippen molar-refractivity contribution in [3.63, 3.8) is 0 Å². The van der Waals surface area contributed by atoms with Crippen LogP contribution in [0, 0.1) is 0 Å². The van der Waals surface area contributed by atoms with Crippen LogP contribution in [-0.2, 0) is 45.8 Å². The molecule has 0 spiro atoms. The molecule has 14 nitrogen and oxygen atoms in total. The Kier molecular flexibility index (Phi) is 14.6. The zero-order chi connectivity index (χ0) is 34.8. The Labute approximate surface area is 299 Å². The van der Waals surface area contributed by atoms with Gasteiger partial charge in [0.25, 0.3) is 11.8 Å². The fourth-order valence-corrected chi connectivity index (χ4v) is 6.34. The molecule has 2 aliphatic rings. The largest absolute Gasteiger partial charge is 0.507 e. The Balaban J connectivity index is 0.00000650. The van der Waals surface area contributed by atoms with Crippen molar-refractivity contribution in [2.45, 2.75) is 31.4 Å². The molecular formula is C32H32FeN4O10S2. The summed E-state index contributed by atoms with van der Waals surface area (Å²) in [4.78, 5) is 83.4. The second-order valence-electron chi connectivity index (χ2n) is 10.4. The van der Waals surface area contributed by atoms with Crippen LogP contribution in [0.2, 0.25) is 0 Å². The average Bonchev–Trinajstić information content (AvgIpc) is 3.45. The van der Waals surface area contributed by atoms with Gasteiger partial charge in [-0.05, 0) is 49.6 Å². The van der Waals surface area contributed by atoms with Gasteiger partial charge in [0.1, 0.15) is 28.2 Å². The SMILES string of the molecule is CSSC1CC(=O)N(CCC(=O)Oc2ccc(O)c(C=NCCN=Cc3cc(OC(=O)CCN4C(=O)C=C(C)C4=O)ccc3O)c2)C1=O.[Fe]. The molecule has 0 aliphatic carbocycles. The summed E-state index contributed by atoms with van der Waals surface area (Å²) in [6.07, 6.45) is 5.50. The van der Waals surface area contributed by atoms with Crippen molar-refractivity contribution >= 4 is 69.6 Å². The normalized spacial score (nSPS) is 16.1. The summed E-state index contributed by atoms with van der Waals surface area (Å²) >= 11 is 0. The van der Waals surface area contributed by atoms with E-state index in [1.165, 1.54) is 83.4 Å². The molecule has 0 saturated carbocycles. The second kappa shape index (κ2) is 18.4. The van der Waals surface area contributed by atoms with Gasteiger partial charge in [0, 0.05) is 71.8 Å². The average molecular weight is 753 g/mol. The van der Waals surface area contributed by atoms with E-state index >= 15 is 0 Å². The summed E-state index contributed by atoms with van der Waals surface area (Å²) < 4.78 is 10.6. The molecule has 0 aromatic heterocycles. The third-order valence-electron chi connectivity index (χ3n) is 6.96. The first kappa shape index (κ1) is 39.0. The van der Waals surface area contributed by atoms with Crippen LogP contribution in [0.5, 0.6) is 23.0 Å². The van der Waals surface area contributed by atoms with E-state index < -0.39 is 29.0 Å². The first-order valence-electron chi connectivity index (χ1n) is 14.6. The van der Waals surface area contributed by atoms with E-state index in [0.29, 0.717) is 5.57 Å². The number of carbonyl (C=O) groups excluding carboxylic acids is 6.